The Labute approximate surface area is 109 Å². The average Bonchev–Trinajstić information content (AvgIpc) is 2.53. The summed E-state index contributed by atoms with van der Waals surface area (Å²) in [5.74, 6) is 0. The molecule has 1 heterocycles. The molecule has 0 bridgehead atoms. The zero-order valence-electron chi connectivity index (χ0n) is 10.9. The van der Waals surface area contributed by atoms with Gasteiger partial charge in [-0.05, 0) is 23.8 Å². The Morgan fingerprint density at radius 3 is 2.53 bits per heavy atom. The standard InChI is InChI=1S/C14H11F3N2/c15-14(16,17)11-5-3-4-10(8-11)9-12-6-1-2-7-13(18)19-12/h1-8,18H,9H2/p+1. The number of aromatic nitrogens is 1. The van der Waals surface area contributed by atoms with Crippen LogP contribution in [0.5, 0.6) is 0 Å². The molecule has 98 valence electrons. The van der Waals surface area contributed by atoms with E-state index in [0.29, 0.717) is 11.3 Å². The second-order valence-corrected chi connectivity index (χ2v) is 4.08. The molecule has 0 amide bonds. The van der Waals surface area contributed by atoms with Crippen molar-refractivity contribution in [3.05, 3.63) is 70.8 Å². The van der Waals surface area contributed by atoms with E-state index in [0.717, 1.165) is 12.1 Å². The summed E-state index contributed by atoms with van der Waals surface area (Å²) in [6.45, 7) is 0. The largest absolute Gasteiger partial charge is 1.00 e. The maximum absolute atomic E-state index is 12.6. The van der Waals surface area contributed by atoms with Crippen LogP contribution < -0.4 is 5.49 Å². The molecule has 5 heteroatoms. The Hall–Kier alpha value is -2.17. The minimum absolute atomic E-state index is 0. The van der Waals surface area contributed by atoms with Gasteiger partial charge in [0, 0.05) is 12.1 Å². The summed E-state index contributed by atoms with van der Waals surface area (Å²) in [4.78, 5) is 4.01. The van der Waals surface area contributed by atoms with Crippen molar-refractivity contribution in [1.29, 1.82) is 5.41 Å². The third-order valence-electron chi connectivity index (χ3n) is 2.56. The van der Waals surface area contributed by atoms with E-state index in [1.165, 1.54) is 12.1 Å². The number of nitrogens with one attached hydrogen (secondary N) is 1. The van der Waals surface area contributed by atoms with Crippen LogP contribution >= 0.6 is 0 Å². The maximum atomic E-state index is 12.6. The van der Waals surface area contributed by atoms with Crippen LogP contribution in [0.2, 0.25) is 0 Å². The van der Waals surface area contributed by atoms with Crippen LogP contribution in [0.1, 0.15) is 18.2 Å². The van der Waals surface area contributed by atoms with Gasteiger partial charge in [-0.3, -0.25) is 5.41 Å². The van der Waals surface area contributed by atoms with Crippen LogP contribution in [-0.2, 0) is 12.6 Å². The summed E-state index contributed by atoms with van der Waals surface area (Å²) < 4.78 is 37.8. The fraction of sp³-hybridized carbons (Fsp3) is 0.143. The zero-order valence-corrected chi connectivity index (χ0v) is 9.91. The van der Waals surface area contributed by atoms with E-state index >= 15 is 0 Å². The smallest absolute Gasteiger partial charge is 0.283 e. The molecule has 0 fully saturated rings. The number of hydrogen-bond donors (Lipinski definition) is 1. The van der Waals surface area contributed by atoms with Crippen molar-refractivity contribution in [3.63, 3.8) is 0 Å². The van der Waals surface area contributed by atoms with Crippen molar-refractivity contribution in [1.82, 2.24) is 4.98 Å². The van der Waals surface area contributed by atoms with Gasteiger partial charge in [0.05, 0.1) is 5.56 Å². The van der Waals surface area contributed by atoms with Gasteiger partial charge < -0.3 is 0 Å². The van der Waals surface area contributed by atoms with Gasteiger partial charge in [0.2, 0.25) is 0 Å². The molecule has 0 atom stereocenters. The highest BCUT2D eigenvalue weighted by Gasteiger charge is 2.30. The summed E-state index contributed by atoms with van der Waals surface area (Å²) in [6, 6.07) is 11.7. The second kappa shape index (κ2) is 5.22. The average molecular weight is 265 g/mol. The molecule has 0 saturated heterocycles. The Kier molecular flexibility index (Phi) is 3.64. The molecule has 0 unspecified atom stereocenters. The summed E-state index contributed by atoms with van der Waals surface area (Å²) >= 11 is 0. The predicted octanol–water partition coefficient (Wildman–Crippen LogP) is 3.28. The SMILES string of the molecule is N=c1ccccc(Cc2cccc(C(F)(F)F)c2)n1.[H+]. The lowest BCUT2D eigenvalue weighted by Crippen LogP contribution is -2.06. The molecule has 0 aliphatic heterocycles. The van der Waals surface area contributed by atoms with E-state index in [2.05, 4.69) is 4.98 Å². The quantitative estimate of drug-likeness (QED) is 0.888. The highest BCUT2D eigenvalue weighted by atomic mass is 19.4. The first kappa shape index (κ1) is 13.3. The lowest BCUT2D eigenvalue weighted by molar-refractivity contribution is -0.137. The first-order chi connectivity index (χ1) is 8.95. The maximum Gasteiger partial charge on any atom is 1.00 e. The number of nitrogens with zero attached hydrogens (tertiary/aromatic N) is 1. The number of hydrogen-bond acceptors (Lipinski definition) is 2. The lowest BCUT2D eigenvalue weighted by atomic mass is 10.1. The molecular weight excluding hydrogens is 253 g/mol. The molecule has 0 aliphatic carbocycles. The Morgan fingerprint density at radius 1 is 1.05 bits per heavy atom. The van der Waals surface area contributed by atoms with E-state index in [1.807, 2.05) is 0 Å². The normalized spacial score (nSPS) is 11.3. The second-order valence-electron chi connectivity index (χ2n) is 4.08. The molecule has 2 nitrogen and oxygen atoms in total. The molecular formula is C14H12F3N2+. The van der Waals surface area contributed by atoms with Gasteiger partial charge in [-0.1, -0.05) is 30.3 Å². The Morgan fingerprint density at radius 2 is 1.79 bits per heavy atom. The topological polar surface area (TPSA) is 36.7 Å². The first-order valence-corrected chi connectivity index (χ1v) is 5.62. The number of alkyl halides is 3. The van der Waals surface area contributed by atoms with Gasteiger partial charge in [0.1, 0.15) is 5.49 Å². The molecule has 2 aromatic rings. The third kappa shape index (κ3) is 3.64. The molecule has 0 radical (unpaired) electrons. The fourth-order valence-electron chi connectivity index (χ4n) is 1.71. The number of halogens is 3. The number of rotatable bonds is 2. The van der Waals surface area contributed by atoms with E-state index in [4.69, 9.17) is 5.41 Å². The predicted molar refractivity (Wildman–Crippen MR) is 65.5 cm³/mol. The van der Waals surface area contributed by atoms with Crippen LogP contribution in [0.15, 0.2) is 48.5 Å². The summed E-state index contributed by atoms with van der Waals surface area (Å²) in [5, 5.41) is 7.47. The van der Waals surface area contributed by atoms with Crippen LogP contribution in [-0.4, -0.2) is 4.98 Å². The van der Waals surface area contributed by atoms with Crippen LogP contribution in [0, 0.1) is 5.41 Å². The molecule has 0 saturated carbocycles. The highest BCUT2D eigenvalue weighted by Crippen LogP contribution is 2.29. The monoisotopic (exact) mass is 265 g/mol. The van der Waals surface area contributed by atoms with Crippen molar-refractivity contribution in [2.75, 3.05) is 0 Å². The van der Waals surface area contributed by atoms with Crippen LogP contribution in [0.3, 0.4) is 0 Å². The van der Waals surface area contributed by atoms with Gasteiger partial charge in [-0.25, -0.2) is 4.98 Å². The molecule has 0 aliphatic rings. The van der Waals surface area contributed by atoms with Crippen molar-refractivity contribution in [2.24, 2.45) is 0 Å². The first-order valence-electron chi connectivity index (χ1n) is 5.62. The molecule has 1 aromatic heterocycles. The Bertz CT molecular complexity index is 642. The minimum atomic E-state index is -4.34. The summed E-state index contributed by atoms with van der Waals surface area (Å²) in [5.41, 5.74) is 0.505. The minimum Gasteiger partial charge on any atom is -0.283 e. The van der Waals surface area contributed by atoms with Gasteiger partial charge in [-0.15, -0.1) is 0 Å². The van der Waals surface area contributed by atoms with Crippen LogP contribution in [0.25, 0.3) is 0 Å². The fourth-order valence-corrected chi connectivity index (χ4v) is 1.71. The van der Waals surface area contributed by atoms with E-state index in [1.54, 1.807) is 24.3 Å². The summed E-state index contributed by atoms with van der Waals surface area (Å²) in [6.07, 6.45) is -4.07. The highest BCUT2D eigenvalue weighted by molar-refractivity contribution is 5.28. The van der Waals surface area contributed by atoms with Crippen molar-refractivity contribution in [3.8, 4) is 0 Å². The lowest BCUT2D eigenvalue weighted by Gasteiger charge is -2.08. The molecule has 19 heavy (non-hydrogen) atoms. The van der Waals surface area contributed by atoms with Crippen molar-refractivity contribution < 1.29 is 14.6 Å². The molecule has 1 aromatic carbocycles. The van der Waals surface area contributed by atoms with Gasteiger partial charge in [0.25, 0.3) is 0 Å². The van der Waals surface area contributed by atoms with Crippen LogP contribution in [0.4, 0.5) is 13.2 Å². The third-order valence-corrected chi connectivity index (χ3v) is 2.56. The zero-order chi connectivity index (χ0) is 13.9. The molecule has 0 spiro atoms. The van der Waals surface area contributed by atoms with E-state index in [-0.39, 0.29) is 13.3 Å². The number of benzene rings is 1. The van der Waals surface area contributed by atoms with Gasteiger partial charge >= 0.3 is 7.60 Å². The van der Waals surface area contributed by atoms with E-state index in [9.17, 15) is 13.2 Å². The summed E-state index contributed by atoms with van der Waals surface area (Å²) in [7, 11) is 0. The van der Waals surface area contributed by atoms with E-state index < -0.39 is 11.7 Å². The molecule has 2 rings (SSSR count). The molecule has 1 N–H and O–H groups in total. The van der Waals surface area contributed by atoms with Crippen molar-refractivity contribution in [2.45, 2.75) is 12.6 Å². The van der Waals surface area contributed by atoms with Gasteiger partial charge in [-0.2, -0.15) is 13.2 Å². The van der Waals surface area contributed by atoms with Crippen molar-refractivity contribution >= 4 is 0 Å². The Balaban J connectivity index is 0.00000200. The van der Waals surface area contributed by atoms with Gasteiger partial charge in [0.15, 0.2) is 0 Å².